The van der Waals surface area contributed by atoms with Crippen molar-refractivity contribution in [2.75, 3.05) is 18.4 Å². The predicted octanol–water partition coefficient (Wildman–Crippen LogP) is 1.70. The quantitative estimate of drug-likeness (QED) is 0.867. The summed E-state index contributed by atoms with van der Waals surface area (Å²) in [5.74, 6) is 0.784. The van der Waals surface area contributed by atoms with Gasteiger partial charge in [0.15, 0.2) is 11.0 Å². The van der Waals surface area contributed by atoms with Crippen molar-refractivity contribution in [3.63, 3.8) is 0 Å². The minimum Gasteiger partial charge on any atom is -0.465 e. The van der Waals surface area contributed by atoms with E-state index >= 15 is 0 Å². The molecule has 2 unspecified atom stereocenters. The van der Waals surface area contributed by atoms with Crippen LogP contribution in [0.5, 0.6) is 0 Å². The molecule has 1 aromatic rings. The number of rotatable bonds is 2. The van der Waals surface area contributed by atoms with Crippen LogP contribution in [0.2, 0.25) is 5.15 Å². The van der Waals surface area contributed by atoms with Crippen LogP contribution in [0.1, 0.15) is 12.8 Å². The number of hydrogen-bond donors (Lipinski definition) is 2. The number of carboxylic acid groups (broad SMARTS) is 1. The van der Waals surface area contributed by atoms with Gasteiger partial charge < -0.3 is 15.3 Å². The summed E-state index contributed by atoms with van der Waals surface area (Å²) in [7, 11) is 0. The second-order valence-corrected chi connectivity index (χ2v) is 5.99. The predicted molar refractivity (Wildman–Crippen MR) is 75.0 cm³/mol. The standard InChI is InChI=1S/C13H15ClN4O3/c14-10-1-2-11(17-16-10)15-12(19)7-3-8-5-18(13(20)21)6-9(8)4-7/h1-2,7-9H,3-6H2,(H,20,21)(H,15,17,19). The Kier molecular flexibility index (Phi) is 3.67. The van der Waals surface area contributed by atoms with Crippen LogP contribution in [0.3, 0.4) is 0 Å². The first-order valence-electron chi connectivity index (χ1n) is 6.81. The van der Waals surface area contributed by atoms with Crippen LogP contribution >= 0.6 is 11.6 Å². The molecular weight excluding hydrogens is 296 g/mol. The number of fused-ring (bicyclic) bond motifs is 1. The van der Waals surface area contributed by atoms with E-state index in [1.165, 1.54) is 4.90 Å². The SMILES string of the molecule is O=C(Nc1ccc(Cl)nn1)C1CC2CN(C(=O)O)CC2C1. The van der Waals surface area contributed by atoms with Gasteiger partial charge in [0.05, 0.1) is 0 Å². The lowest BCUT2D eigenvalue weighted by atomic mass is 10.0. The average molecular weight is 311 g/mol. The summed E-state index contributed by atoms with van der Waals surface area (Å²) in [4.78, 5) is 24.6. The highest BCUT2D eigenvalue weighted by molar-refractivity contribution is 6.29. The van der Waals surface area contributed by atoms with Gasteiger partial charge in [-0.2, -0.15) is 0 Å². The molecule has 2 N–H and O–H groups in total. The highest BCUT2D eigenvalue weighted by Gasteiger charge is 2.44. The lowest BCUT2D eigenvalue weighted by Gasteiger charge is -2.15. The largest absolute Gasteiger partial charge is 0.465 e. The number of amides is 2. The van der Waals surface area contributed by atoms with E-state index in [2.05, 4.69) is 15.5 Å². The smallest absolute Gasteiger partial charge is 0.407 e. The van der Waals surface area contributed by atoms with Gasteiger partial charge in [0.1, 0.15) is 0 Å². The fourth-order valence-corrected chi connectivity index (χ4v) is 3.38. The molecule has 2 heterocycles. The van der Waals surface area contributed by atoms with Gasteiger partial charge in [-0.3, -0.25) is 4.79 Å². The summed E-state index contributed by atoms with van der Waals surface area (Å²) in [6.45, 7) is 1.06. The van der Waals surface area contributed by atoms with E-state index in [0.717, 1.165) is 12.8 Å². The first kappa shape index (κ1) is 14.1. The van der Waals surface area contributed by atoms with Crippen LogP contribution < -0.4 is 5.32 Å². The van der Waals surface area contributed by atoms with E-state index < -0.39 is 6.09 Å². The maximum Gasteiger partial charge on any atom is 0.407 e. The summed E-state index contributed by atoms with van der Waals surface area (Å²) >= 11 is 5.64. The zero-order valence-corrected chi connectivity index (χ0v) is 12.0. The van der Waals surface area contributed by atoms with Crippen LogP contribution in [-0.4, -0.2) is 45.3 Å². The van der Waals surface area contributed by atoms with Crippen molar-refractivity contribution in [3.05, 3.63) is 17.3 Å². The third-order valence-corrected chi connectivity index (χ3v) is 4.48. The lowest BCUT2D eigenvalue weighted by molar-refractivity contribution is -0.119. The third kappa shape index (κ3) is 2.92. The molecule has 1 aliphatic carbocycles. The summed E-state index contributed by atoms with van der Waals surface area (Å²) in [5, 5.41) is 19.5. The summed E-state index contributed by atoms with van der Waals surface area (Å²) in [6.07, 6.45) is 0.574. The molecule has 1 aromatic heterocycles. The van der Waals surface area contributed by atoms with Crippen molar-refractivity contribution in [1.29, 1.82) is 0 Å². The molecule has 3 rings (SSSR count). The molecular formula is C13H15ClN4O3. The van der Waals surface area contributed by atoms with Gasteiger partial charge >= 0.3 is 6.09 Å². The topological polar surface area (TPSA) is 95.4 Å². The molecule has 21 heavy (non-hydrogen) atoms. The van der Waals surface area contributed by atoms with Gasteiger partial charge in [-0.05, 0) is 36.8 Å². The first-order chi connectivity index (χ1) is 10.0. The molecule has 7 nitrogen and oxygen atoms in total. The Hall–Kier alpha value is -1.89. The number of carbonyl (C=O) groups is 2. The molecule has 0 aromatic carbocycles. The van der Waals surface area contributed by atoms with E-state index in [1.807, 2.05) is 0 Å². The zero-order chi connectivity index (χ0) is 15.0. The maximum atomic E-state index is 12.2. The highest BCUT2D eigenvalue weighted by Crippen LogP contribution is 2.41. The molecule has 1 aliphatic heterocycles. The first-order valence-corrected chi connectivity index (χ1v) is 7.18. The minimum absolute atomic E-state index is 0.0807. The van der Waals surface area contributed by atoms with E-state index in [1.54, 1.807) is 12.1 Å². The average Bonchev–Trinajstić information content (AvgIpc) is 2.99. The molecule has 1 saturated carbocycles. The molecule has 112 valence electrons. The van der Waals surface area contributed by atoms with E-state index in [-0.39, 0.29) is 28.8 Å². The minimum atomic E-state index is -0.873. The van der Waals surface area contributed by atoms with Gasteiger partial charge in [-0.15, -0.1) is 10.2 Å². The number of anilines is 1. The molecule has 8 heteroatoms. The summed E-state index contributed by atoms with van der Waals surface area (Å²) in [6, 6.07) is 3.17. The van der Waals surface area contributed by atoms with Crippen molar-refractivity contribution >= 4 is 29.4 Å². The monoisotopic (exact) mass is 310 g/mol. The second kappa shape index (κ2) is 5.48. The van der Waals surface area contributed by atoms with Crippen LogP contribution in [0.4, 0.5) is 10.6 Å². The van der Waals surface area contributed by atoms with Gasteiger partial charge in [0, 0.05) is 19.0 Å². The van der Waals surface area contributed by atoms with Crippen LogP contribution in [0.25, 0.3) is 0 Å². The number of nitrogens with zero attached hydrogens (tertiary/aromatic N) is 3. The third-order valence-electron chi connectivity index (χ3n) is 4.28. The number of likely N-dealkylation sites (tertiary alicyclic amines) is 1. The number of hydrogen-bond acceptors (Lipinski definition) is 4. The van der Waals surface area contributed by atoms with Crippen molar-refractivity contribution in [3.8, 4) is 0 Å². The molecule has 2 amide bonds. The fraction of sp³-hybridized carbons (Fsp3) is 0.538. The fourth-order valence-electron chi connectivity index (χ4n) is 3.28. The van der Waals surface area contributed by atoms with Gasteiger partial charge in [-0.1, -0.05) is 11.6 Å². The zero-order valence-electron chi connectivity index (χ0n) is 11.2. The summed E-state index contributed by atoms with van der Waals surface area (Å²) < 4.78 is 0. The Morgan fingerprint density at radius 2 is 1.90 bits per heavy atom. The van der Waals surface area contributed by atoms with Gasteiger partial charge in [0.25, 0.3) is 0 Å². The molecule has 0 radical (unpaired) electrons. The van der Waals surface area contributed by atoms with Crippen molar-refractivity contribution in [1.82, 2.24) is 15.1 Å². The Bertz CT molecular complexity index is 551. The number of nitrogens with one attached hydrogen (secondary N) is 1. The molecule has 0 bridgehead atoms. The molecule has 2 aliphatic rings. The maximum absolute atomic E-state index is 12.2. The number of aromatic nitrogens is 2. The normalized spacial score (nSPS) is 27.5. The Balaban J connectivity index is 1.57. The van der Waals surface area contributed by atoms with Gasteiger partial charge in [0.2, 0.25) is 5.91 Å². The van der Waals surface area contributed by atoms with Crippen molar-refractivity contribution < 1.29 is 14.7 Å². The van der Waals surface area contributed by atoms with Crippen molar-refractivity contribution in [2.24, 2.45) is 17.8 Å². The van der Waals surface area contributed by atoms with Gasteiger partial charge in [-0.25, -0.2) is 4.79 Å². The van der Waals surface area contributed by atoms with E-state index in [0.29, 0.717) is 18.9 Å². The van der Waals surface area contributed by atoms with Crippen LogP contribution in [-0.2, 0) is 4.79 Å². The molecule has 0 spiro atoms. The molecule has 1 saturated heterocycles. The Morgan fingerprint density at radius 3 is 2.43 bits per heavy atom. The molecule has 2 fully saturated rings. The number of halogens is 1. The van der Waals surface area contributed by atoms with E-state index in [4.69, 9.17) is 16.7 Å². The van der Waals surface area contributed by atoms with Crippen LogP contribution in [0.15, 0.2) is 12.1 Å². The molecule has 2 atom stereocenters. The lowest BCUT2D eigenvalue weighted by Crippen LogP contribution is -2.29. The Labute approximate surface area is 126 Å². The second-order valence-electron chi connectivity index (χ2n) is 5.61. The number of carbonyl (C=O) groups excluding carboxylic acids is 1. The highest BCUT2D eigenvalue weighted by atomic mass is 35.5. The van der Waals surface area contributed by atoms with E-state index in [9.17, 15) is 9.59 Å². The van der Waals surface area contributed by atoms with Crippen molar-refractivity contribution in [2.45, 2.75) is 12.8 Å². The van der Waals surface area contributed by atoms with Crippen LogP contribution in [0, 0.1) is 17.8 Å². The Morgan fingerprint density at radius 1 is 1.24 bits per heavy atom. The summed E-state index contributed by atoms with van der Waals surface area (Å²) in [5.41, 5.74) is 0.